The van der Waals surface area contributed by atoms with Crippen molar-refractivity contribution in [2.24, 2.45) is 17.3 Å². The van der Waals surface area contributed by atoms with E-state index in [1.165, 1.54) is 69.8 Å². The molecular weight excluding hydrogens is 861 g/mol. The van der Waals surface area contributed by atoms with Crippen LogP contribution in [0.25, 0.3) is 0 Å². The van der Waals surface area contributed by atoms with Gasteiger partial charge in [-0.3, -0.25) is 0 Å². The molecular formula is C35H64B2Cl2I2O2P2. The van der Waals surface area contributed by atoms with Crippen LogP contribution in [0.15, 0.2) is 12.2 Å². The maximum Gasteiger partial charge on any atom is 0.170 e. The SMILES string of the molecule is C=C(C)CC(C)(C[B]P(I)C(C)(CO)C1CCCCC1)CC(C)(Cl)CC(C)(Cl)CC(C)(C)P(I)[B]C(C)(CO)C1CCCCC1. The molecule has 2 N–H and O–H groups in total. The summed E-state index contributed by atoms with van der Waals surface area (Å²) >= 11 is 20.2. The van der Waals surface area contributed by atoms with E-state index in [4.69, 9.17) is 23.2 Å². The molecule has 7 atom stereocenters. The van der Waals surface area contributed by atoms with Crippen LogP contribution >= 0.6 is 78.2 Å². The molecule has 0 aliphatic heterocycles. The lowest BCUT2D eigenvalue weighted by atomic mass is 9.58. The highest BCUT2D eigenvalue weighted by molar-refractivity contribution is 14.2. The lowest BCUT2D eigenvalue weighted by Crippen LogP contribution is -2.40. The highest BCUT2D eigenvalue weighted by Gasteiger charge is 2.46. The molecule has 45 heavy (non-hydrogen) atoms. The zero-order chi connectivity index (χ0) is 34.3. The molecule has 10 heteroatoms. The van der Waals surface area contributed by atoms with Gasteiger partial charge in [-0.2, -0.15) is 0 Å². The molecule has 0 heterocycles. The molecule has 0 bridgehead atoms. The van der Waals surface area contributed by atoms with Crippen molar-refractivity contribution in [2.75, 3.05) is 13.2 Å². The van der Waals surface area contributed by atoms with Gasteiger partial charge in [-0.1, -0.05) is 153 Å². The molecule has 0 aromatic heterocycles. The summed E-state index contributed by atoms with van der Waals surface area (Å²) in [6.07, 6.45) is 17.2. The van der Waals surface area contributed by atoms with Crippen LogP contribution in [0.2, 0.25) is 11.6 Å². The predicted octanol–water partition coefficient (Wildman–Crippen LogP) is 13.3. The summed E-state index contributed by atoms with van der Waals surface area (Å²) in [5, 5.41) is 21.0. The average molecular weight is 925 g/mol. The normalized spacial score (nSPS) is 25.5. The summed E-state index contributed by atoms with van der Waals surface area (Å²) < 4.78 is 0. The van der Waals surface area contributed by atoms with Crippen LogP contribution in [0.4, 0.5) is 0 Å². The quantitative estimate of drug-likeness (QED) is 0.0446. The Balaban J connectivity index is 2.11. The molecule has 0 aromatic carbocycles. The number of hydrogen-bond donors (Lipinski definition) is 2. The van der Waals surface area contributed by atoms with Crippen molar-refractivity contribution in [3.63, 3.8) is 0 Å². The van der Waals surface area contributed by atoms with Gasteiger partial charge in [0.2, 0.25) is 0 Å². The second kappa shape index (κ2) is 18.4. The molecule has 2 rings (SSSR count). The van der Waals surface area contributed by atoms with Gasteiger partial charge in [-0.15, -0.1) is 29.8 Å². The number of aliphatic hydroxyl groups excluding tert-OH is 2. The number of allylic oxidation sites excluding steroid dienone is 1. The summed E-state index contributed by atoms with van der Waals surface area (Å²) in [5.41, 5.74) is 0.200. The van der Waals surface area contributed by atoms with Crippen LogP contribution in [-0.4, -0.2) is 57.5 Å². The van der Waals surface area contributed by atoms with Crippen LogP contribution in [0.1, 0.15) is 145 Å². The predicted molar refractivity (Wildman–Crippen MR) is 226 cm³/mol. The fourth-order valence-electron chi connectivity index (χ4n) is 8.77. The van der Waals surface area contributed by atoms with Crippen molar-refractivity contribution in [1.29, 1.82) is 0 Å². The number of alkyl halides is 2. The topological polar surface area (TPSA) is 40.5 Å². The average Bonchev–Trinajstić information content (AvgIpc) is 2.94. The molecule has 7 unspecified atom stereocenters. The van der Waals surface area contributed by atoms with E-state index >= 15 is 0 Å². The lowest BCUT2D eigenvalue weighted by Gasteiger charge is -2.46. The summed E-state index contributed by atoms with van der Waals surface area (Å²) in [5.74, 6) is 1.18. The lowest BCUT2D eigenvalue weighted by molar-refractivity contribution is 0.173. The Morgan fingerprint density at radius 3 is 1.71 bits per heavy atom. The van der Waals surface area contributed by atoms with Crippen molar-refractivity contribution >= 4 is 92.2 Å². The Bertz CT molecular complexity index is 933. The van der Waals surface area contributed by atoms with Crippen molar-refractivity contribution in [3.8, 4) is 0 Å². The van der Waals surface area contributed by atoms with E-state index in [1.54, 1.807) is 0 Å². The summed E-state index contributed by atoms with van der Waals surface area (Å²) in [6.45, 7) is 28.1. The van der Waals surface area contributed by atoms with Crippen molar-refractivity contribution in [1.82, 2.24) is 0 Å². The molecule has 2 nitrogen and oxygen atoms in total. The fourth-order valence-corrected chi connectivity index (χ4v) is 18.3. The summed E-state index contributed by atoms with van der Waals surface area (Å²) in [4.78, 5) is -0.901. The van der Waals surface area contributed by atoms with Gasteiger partial charge in [0.05, 0.1) is 6.61 Å². The third kappa shape index (κ3) is 13.6. The van der Waals surface area contributed by atoms with Gasteiger partial charge in [-0.25, -0.2) is 0 Å². The first-order valence-electron chi connectivity index (χ1n) is 17.5. The Morgan fingerprint density at radius 2 is 1.24 bits per heavy atom. The molecule has 0 saturated heterocycles. The second-order valence-electron chi connectivity index (χ2n) is 17.1. The molecule has 0 aromatic rings. The highest BCUT2D eigenvalue weighted by Crippen LogP contribution is 2.65. The van der Waals surface area contributed by atoms with Crippen molar-refractivity contribution < 1.29 is 10.2 Å². The minimum Gasteiger partial charge on any atom is -0.397 e. The second-order valence-corrected chi connectivity index (χ2v) is 29.3. The minimum absolute atomic E-state index is 0.0180. The van der Waals surface area contributed by atoms with Crippen LogP contribution in [0, 0.1) is 17.3 Å². The van der Waals surface area contributed by atoms with Crippen molar-refractivity contribution in [3.05, 3.63) is 12.2 Å². The number of halogens is 4. The Morgan fingerprint density at radius 1 is 0.756 bits per heavy atom. The monoisotopic (exact) mass is 924 g/mol. The van der Waals surface area contributed by atoms with Crippen molar-refractivity contribution in [2.45, 2.75) is 177 Å². The number of aliphatic hydroxyl groups is 2. The summed E-state index contributed by atoms with van der Waals surface area (Å²) in [7, 11) is 0. The van der Waals surface area contributed by atoms with E-state index in [2.05, 4.69) is 120 Å². The molecule has 2 fully saturated rings. The van der Waals surface area contributed by atoms with E-state index in [1.807, 2.05) is 0 Å². The Labute approximate surface area is 319 Å². The smallest absolute Gasteiger partial charge is 0.170 e. The van der Waals surface area contributed by atoms with E-state index in [0.717, 1.165) is 32.0 Å². The van der Waals surface area contributed by atoms with Gasteiger partial charge in [0, 0.05) is 21.5 Å². The van der Waals surface area contributed by atoms with Gasteiger partial charge in [0.15, 0.2) is 14.0 Å². The fraction of sp³-hybridized carbons (Fsp3) is 0.943. The third-order valence-electron chi connectivity index (χ3n) is 11.0. The zero-order valence-electron chi connectivity index (χ0n) is 29.8. The number of hydrogen-bond acceptors (Lipinski definition) is 2. The molecule has 2 aliphatic rings. The largest absolute Gasteiger partial charge is 0.397 e. The van der Waals surface area contributed by atoms with Gasteiger partial charge in [0.1, 0.15) is 0 Å². The molecule has 0 amide bonds. The van der Waals surface area contributed by atoms with Crippen LogP contribution < -0.4 is 0 Å². The van der Waals surface area contributed by atoms with Gasteiger partial charge in [0.25, 0.3) is 0 Å². The molecule has 260 valence electrons. The van der Waals surface area contributed by atoms with Gasteiger partial charge < -0.3 is 10.2 Å². The molecule has 2 radical (unpaired) electrons. The molecule has 2 aliphatic carbocycles. The van der Waals surface area contributed by atoms with E-state index in [9.17, 15) is 10.2 Å². The first-order chi connectivity index (χ1) is 20.6. The maximum absolute atomic E-state index is 10.6. The molecule has 0 spiro atoms. The van der Waals surface area contributed by atoms with Gasteiger partial charge >= 0.3 is 0 Å². The Kier molecular flexibility index (Phi) is 18.0. The highest BCUT2D eigenvalue weighted by atomic mass is 127. The standard InChI is InChI=1S/C35H64B2Cl2I2O2P2/c1-27(2)20-31(5,24-36-45(41)35(9,26-43)29-18-14-11-15-19-29)22-33(7,39)23-32(6,38)21-30(3,4)44(40)37-34(8,25-42)28-16-12-10-13-17-28/h28-29,42-43H,1,10-26H2,2-9H3. The third-order valence-corrected chi connectivity index (χ3v) is 24.9. The number of rotatable bonds is 19. The van der Waals surface area contributed by atoms with Crippen LogP contribution in [0.3, 0.4) is 0 Å². The maximum atomic E-state index is 10.6. The van der Waals surface area contributed by atoms with E-state index in [-0.39, 0.29) is 34.3 Å². The van der Waals surface area contributed by atoms with Gasteiger partial charge in [-0.05, 0) is 87.0 Å². The molecule has 2 saturated carbocycles. The van der Waals surface area contributed by atoms with Crippen LogP contribution in [-0.2, 0) is 0 Å². The zero-order valence-corrected chi connectivity index (χ0v) is 37.5. The van der Waals surface area contributed by atoms with Crippen LogP contribution in [0.5, 0.6) is 0 Å². The Hall–Kier alpha value is 2.69. The first-order valence-corrected chi connectivity index (χ1v) is 26.6. The minimum atomic E-state index is -0.497. The van der Waals surface area contributed by atoms with E-state index < -0.39 is 20.6 Å². The van der Waals surface area contributed by atoms with E-state index in [0.29, 0.717) is 11.8 Å². The first kappa shape index (κ1) is 43.9. The summed E-state index contributed by atoms with van der Waals surface area (Å²) in [6, 6.07) is 0.